The van der Waals surface area contributed by atoms with E-state index >= 15 is 0 Å². The smallest absolute Gasteiger partial charge is 0.191 e. The van der Waals surface area contributed by atoms with Gasteiger partial charge in [-0.15, -0.1) is 0 Å². The highest BCUT2D eigenvalue weighted by atomic mass is 16.5. The molecule has 2 unspecified atom stereocenters. The normalized spacial score (nSPS) is 18.1. The number of benzene rings is 1. The molecule has 27 heavy (non-hydrogen) atoms. The fourth-order valence-electron chi connectivity index (χ4n) is 3.23. The Morgan fingerprint density at radius 3 is 2.67 bits per heavy atom. The average molecular weight is 376 g/mol. The van der Waals surface area contributed by atoms with Crippen molar-refractivity contribution in [2.24, 2.45) is 10.9 Å². The van der Waals surface area contributed by atoms with Gasteiger partial charge in [0, 0.05) is 51.5 Å². The second kappa shape index (κ2) is 12.7. The third kappa shape index (κ3) is 8.31. The number of nitrogens with zero attached hydrogens (tertiary/aromatic N) is 1. The van der Waals surface area contributed by atoms with Crippen molar-refractivity contribution in [3.05, 3.63) is 35.9 Å². The predicted molar refractivity (Wildman–Crippen MR) is 112 cm³/mol. The molecule has 2 N–H and O–H groups in total. The Morgan fingerprint density at radius 1 is 1.22 bits per heavy atom. The Hall–Kier alpha value is -1.59. The molecular formula is C22H37N3O2. The van der Waals surface area contributed by atoms with E-state index in [1.165, 1.54) is 5.56 Å². The van der Waals surface area contributed by atoms with Crippen LogP contribution in [0.25, 0.3) is 0 Å². The maximum Gasteiger partial charge on any atom is 0.191 e. The number of ether oxygens (including phenoxy) is 2. The molecule has 0 radical (unpaired) electrons. The van der Waals surface area contributed by atoms with Gasteiger partial charge in [0.25, 0.3) is 0 Å². The minimum Gasteiger partial charge on any atom is -0.381 e. The number of guanidine groups is 1. The lowest BCUT2D eigenvalue weighted by atomic mass is 9.94. The van der Waals surface area contributed by atoms with Crippen molar-refractivity contribution >= 4 is 5.96 Å². The summed E-state index contributed by atoms with van der Waals surface area (Å²) in [6.07, 6.45) is 3.21. The van der Waals surface area contributed by atoms with Crippen LogP contribution in [0.5, 0.6) is 0 Å². The van der Waals surface area contributed by atoms with E-state index in [2.05, 4.69) is 61.7 Å². The first kappa shape index (κ1) is 21.7. The molecule has 1 fully saturated rings. The molecule has 2 rings (SSSR count). The van der Waals surface area contributed by atoms with Gasteiger partial charge in [-0.05, 0) is 44.6 Å². The summed E-state index contributed by atoms with van der Waals surface area (Å²) in [7, 11) is 0. The lowest BCUT2D eigenvalue weighted by molar-refractivity contribution is 0.0205. The first-order valence-corrected chi connectivity index (χ1v) is 10.5. The van der Waals surface area contributed by atoms with Crippen LogP contribution in [-0.2, 0) is 9.47 Å². The monoisotopic (exact) mass is 375 g/mol. The molecule has 1 aromatic rings. The van der Waals surface area contributed by atoms with Crippen LogP contribution in [0.3, 0.4) is 0 Å². The topological polar surface area (TPSA) is 54.9 Å². The minimum atomic E-state index is 0.301. The molecular weight excluding hydrogens is 338 g/mol. The molecule has 0 saturated carbocycles. The van der Waals surface area contributed by atoms with Gasteiger partial charge in [0.1, 0.15) is 0 Å². The SMILES string of the molecule is CCNC(=NCCCOCC1CCOCC1)NC(C)C(C)c1ccccc1. The van der Waals surface area contributed by atoms with Gasteiger partial charge >= 0.3 is 0 Å². The van der Waals surface area contributed by atoms with Crippen molar-refractivity contribution in [2.75, 3.05) is 39.5 Å². The molecule has 2 atom stereocenters. The first-order chi connectivity index (χ1) is 13.2. The van der Waals surface area contributed by atoms with E-state index in [0.717, 1.165) is 64.7 Å². The highest BCUT2D eigenvalue weighted by Gasteiger charge is 2.15. The van der Waals surface area contributed by atoms with Crippen molar-refractivity contribution in [2.45, 2.75) is 52.0 Å². The number of aliphatic imine (C=N–C) groups is 1. The molecule has 0 aromatic heterocycles. The molecule has 1 aliphatic heterocycles. The Kier molecular flexibility index (Phi) is 10.2. The standard InChI is InChI=1S/C22H37N3O2/c1-4-23-22(25-19(3)18(2)21-9-6-5-7-10-21)24-13-8-14-27-17-20-11-15-26-16-12-20/h5-7,9-10,18-20H,4,8,11-17H2,1-3H3,(H2,23,24,25). The second-order valence-electron chi connectivity index (χ2n) is 7.38. The van der Waals surface area contributed by atoms with Crippen molar-refractivity contribution in [1.29, 1.82) is 0 Å². The lowest BCUT2D eigenvalue weighted by Crippen LogP contribution is -2.44. The second-order valence-corrected chi connectivity index (χ2v) is 7.38. The Balaban J connectivity index is 1.69. The van der Waals surface area contributed by atoms with Crippen molar-refractivity contribution in [3.8, 4) is 0 Å². The molecule has 1 saturated heterocycles. The number of nitrogens with one attached hydrogen (secondary N) is 2. The molecule has 0 bridgehead atoms. The number of hydrogen-bond acceptors (Lipinski definition) is 3. The first-order valence-electron chi connectivity index (χ1n) is 10.5. The van der Waals surface area contributed by atoms with E-state index in [-0.39, 0.29) is 0 Å². The zero-order valence-corrected chi connectivity index (χ0v) is 17.2. The van der Waals surface area contributed by atoms with Gasteiger partial charge in [0.15, 0.2) is 5.96 Å². The largest absolute Gasteiger partial charge is 0.381 e. The molecule has 5 heteroatoms. The zero-order valence-electron chi connectivity index (χ0n) is 17.2. The Bertz CT molecular complexity index is 530. The molecule has 0 spiro atoms. The molecule has 0 aliphatic carbocycles. The summed E-state index contributed by atoms with van der Waals surface area (Å²) in [6, 6.07) is 10.9. The zero-order chi connectivity index (χ0) is 19.3. The summed E-state index contributed by atoms with van der Waals surface area (Å²) >= 11 is 0. The van der Waals surface area contributed by atoms with Gasteiger partial charge in [0.05, 0.1) is 0 Å². The highest BCUT2D eigenvalue weighted by molar-refractivity contribution is 5.80. The van der Waals surface area contributed by atoms with Gasteiger partial charge in [0.2, 0.25) is 0 Å². The van der Waals surface area contributed by atoms with Crippen LogP contribution in [-0.4, -0.2) is 51.5 Å². The van der Waals surface area contributed by atoms with Crippen LogP contribution < -0.4 is 10.6 Å². The van der Waals surface area contributed by atoms with Gasteiger partial charge in [-0.1, -0.05) is 37.3 Å². The van der Waals surface area contributed by atoms with E-state index in [4.69, 9.17) is 14.5 Å². The maximum absolute atomic E-state index is 5.83. The van der Waals surface area contributed by atoms with Gasteiger partial charge in [-0.25, -0.2) is 0 Å². The van der Waals surface area contributed by atoms with Crippen LogP contribution >= 0.6 is 0 Å². The molecule has 0 amide bonds. The van der Waals surface area contributed by atoms with Gasteiger partial charge < -0.3 is 20.1 Å². The fraction of sp³-hybridized carbons (Fsp3) is 0.682. The van der Waals surface area contributed by atoms with E-state index in [1.807, 2.05) is 0 Å². The van der Waals surface area contributed by atoms with Crippen molar-refractivity contribution < 1.29 is 9.47 Å². The third-order valence-electron chi connectivity index (χ3n) is 5.20. The maximum atomic E-state index is 5.83. The van der Waals surface area contributed by atoms with E-state index in [1.54, 1.807) is 0 Å². The molecule has 152 valence electrons. The van der Waals surface area contributed by atoms with Crippen LogP contribution in [0.1, 0.15) is 51.5 Å². The van der Waals surface area contributed by atoms with E-state index in [0.29, 0.717) is 17.9 Å². The summed E-state index contributed by atoms with van der Waals surface area (Å²) < 4.78 is 11.2. The quantitative estimate of drug-likeness (QED) is 0.373. The van der Waals surface area contributed by atoms with E-state index < -0.39 is 0 Å². The van der Waals surface area contributed by atoms with Crippen LogP contribution in [0, 0.1) is 5.92 Å². The predicted octanol–water partition coefficient (Wildman–Crippen LogP) is 3.57. The van der Waals surface area contributed by atoms with Crippen LogP contribution in [0.15, 0.2) is 35.3 Å². The summed E-state index contributed by atoms with van der Waals surface area (Å²) in [5.41, 5.74) is 1.34. The summed E-state index contributed by atoms with van der Waals surface area (Å²) in [5, 5.41) is 6.89. The van der Waals surface area contributed by atoms with Gasteiger partial charge in [-0.3, -0.25) is 4.99 Å². The Morgan fingerprint density at radius 2 is 1.96 bits per heavy atom. The number of hydrogen-bond donors (Lipinski definition) is 2. The molecule has 1 aliphatic rings. The van der Waals surface area contributed by atoms with Crippen LogP contribution in [0.2, 0.25) is 0 Å². The average Bonchev–Trinajstić information content (AvgIpc) is 2.71. The summed E-state index contributed by atoms with van der Waals surface area (Å²) in [6.45, 7) is 11.6. The van der Waals surface area contributed by atoms with Crippen LogP contribution in [0.4, 0.5) is 0 Å². The molecule has 5 nitrogen and oxygen atoms in total. The number of rotatable bonds is 10. The third-order valence-corrected chi connectivity index (χ3v) is 5.20. The van der Waals surface area contributed by atoms with Crippen molar-refractivity contribution in [1.82, 2.24) is 10.6 Å². The highest BCUT2D eigenvalue weighted by Crippen LogP contribution is 2.18. The Labute approximate surface area is 164 Å². The summed E-state index contributed by atoms with van der Waals surface area (Å²) in [5.74, 6) is 1.97. The minimum absolute atomic E-state index is 0.301. The van der Waals surface area contributed by atoms with Crippen molar-refractivity contribution in [3.63, 3.8) is 0 Å². The summed E-state index contributed by atoms with van der Waals surface area (Å²) in [4.78, 5) is 4.71. The molecule has 1 heterocycles. The lowest BCUT2D eigenvalue weighted by Gasteiger charge is -2.24. The fourth-order valence-corrected chi connectivity index (χ4v) is 3.23. The van der Waals surface area contributed by atoms with E-state index in [9.17, 15) is 0 Å². The molecule has 1 aromatic carbocycles. The van der Waals surface area contributed by atoms with Gasteiger partial charge in [-0.2, -0.15) is 0 Å².